The number of hydrogen-bond donors (Lipinski definition) is 7. The van der Waals surface area contributed by atoms with E-state index in [4.69, 9.17) is 43.6 Å². The Balaban J connectivity index is 0.000000124. The van der Waals surface area contributed by atoms with Gasteiger partial charge >= 0.3 is 23.9 Å². The lowest BCUT2D eigenvalue weighted by Gasteiger charge is -2.43. The van der Waals surface area contributed by atoms with Crippen LogP contribution in [-0.4, -0.2) is 136 Å². The number of benzene rings is 8. The lowest BCUT2D eigenvalue weighted by atomic mass is 9.72. The van der Waals surface area contributed by atoms with Gasteiger partial charge < -0.3 is 59.4 Å². The van der Waals surface area contributed by atoms with Gasteiger partial charge in [-0.15, -0.1) is 45.3 Å². The van der Waals surface area contributed by atoms with Crippen molar-refractivity contribution in [3.63, 3.8) is 0 Å². The largest absolute Gasteiger partial charge is 0.493 e. The number of carboxylic acids is 4. The molecule has 8 heterocycles. The lowest BCUT2D eigenvalue weighted by molar-refractivity contribution is -0.0990. The quantitative estimate of drug-likeness (QED) is 0.0351. The third-order valence-electron chi connectivity index (χ3n) is 27.4. The number of aromatic nitrogens is 4. The zero-order valence-electron chi connectivity index (χ0n) is 77.0. The zero-order valence-corrected chi connectivity index (χ0v) is 80.3. The summed E-state index contributed by atoms with van der Waals surface area (Å²) >= 11 is 6.55. The Morgan fingerprint density at radius 1 is 0.331 bits per heavy atom. The average Bonchev–Trinajstić information content (AvgIpc) is 1.75. The van der Waals surface area contributed by atoms with E-state index in [2.05, 4.69) is 83.1 Å². The molecule has 0 bridgehead atoms. The molecule has 8 aromatic heterocycles. The topological polar surface area (TPSA) is 308 Å². The third kappa shape index (κ3) is 19.3. The van der Waals surface area contributed by atoms with Gasteiger partial charge in [0.2, 0.25) is 0 Å². The van der Waals surface area contributed by atoms with Crippen LogP contribution in [0.3, 0.4) is 0 Å². The molecule has 4 aliphatic carbocycles. The minimum Gasteiger partial charge on any atom is -0.493 e. The molecule has 4 saturated carbocycles. The lowest BCUT2D eigenvalue weighted by Crippen LogP contribution is -2.44. The summed E-state index contributed by atoms with van der Waals surface area (Å²) in [5.74, 6) is -0.383. The number of rotatable bonds is 21. The number of ether oxygens (including phenoxy) is 5. The monoisotopic (exact) mass is 1860 g/mol. The summed E-state index contributed by atoms with van der Waals surface area (Å²) in [5.41, 5.74) is 12.5. The molecule has 0 aliphatic heterocycles. The van der Waals surface area contributed by atoms with Crippen LogP contribution in [0.15, 0.2) is 170 Å². The van der Waals surface area contributed by atoms with Crippen LogP contribution in [0.5, 0.6) is 23.0 Å². The maximum Gasteiger partial charge on any atom is 0.336 e. The summed E-state index contributed by atoms with van der Waals surface area (Å²) in [7, 11) is 1.74. The van der Waals surface area contributed by atoms with Crippen LogP contribution in [-0.2, 0) is 4.74 Å². The van der Waals surface area contributed by atoms with Crippen molar-refractivity contribution in [2.75, 3.05) is 33.5 Å². The molecule has 7 N–H and O–H groups in total. The number of pyridine rings is 4. The Hall–Kier alpha value is -11.8. The molecule has 16 aromatic rings. The fraction of sp³-hybridized carbons (Fsp3) is 0.339. The molecular weight excluding hydrogens is 1750 g/mol. The maximum atomic E-state index is 12.4. The van der Waals surface area contributed by atoms with Crippen molar-refractivity contribution in [2.24, 2.45) is 23.7 Å². The summed E-state index contributed by atoms with van der Waals surface area (Å²) in [6.07, 6.45) is 9.89. The number of aliphatic hydroxyl groups is 3. The molecule has 20 rings (SSSR count). The molecular formula is C109H110N4O16S4. The molecule has 0 unspecified atom stereocenters. The van der Waals surface area contributed by atoms with E-state index in [1.165, 1.54) is 20.9 Å². The highest BCUT2D eigenvalue weighted by Gasteiger charge is 2.42. The summed E-state index contributed by atoms with van der Waals surface area (Å²) in [4.78, 5) is 73.2. The summed E-state index contributed by atoms with van der Waals surface area (Å²) < 4.78 is 34.8. The van der Waals surface area contributed by atoms with Crippen LogP contribution in [0.25, 0.3) is 126 Å². The van der Waals surface area contributed by atoms with Gasteiger partial charge in [-0.2, -0.15) is 0 Å². The maximum absolute atomic E-state index is 12.4. The number of aromatic carboxylic acids is 4. The second kappa shape index (κ2) is 37.5. The van der Waals surface area contributed by atoms with E-state index in [-0.39, 0.29) is 33.8 Å². The van der Waals surface area contributed by atoms with E-state index in [0.717, 1.165) is 148 Å². The molecule has 20 nitrogen and oxygen atoms in total. The Kier molecular flexibility index (Phi) is 26.3. The molecule has 0 saturated heterocycles. The molecule has 0 radical (unpaired) electrons. The van der Waals surface area contributed by atoms with Gasteiger partial charge in [0.15, 0.2) is 0 Å². The molecule has 4 fully saturated rings. The second-order valence-corrected chi connectivity index (χ2v) is 42.1. The van der Waals surface area contributed by atoms with Crippen molar-refractivity contribution in [1.29, 1.82) is 0 Å². The second-order valence-electron chi connectivity index (χ2n) is 37.9. The van der Waals surface area contributed by atoms with Crippen LogP contribution in [0.1, 0.15) is 191 Å². The van der Waals surface area contributed by atoms with Gasteiger partial charge in [0.25, 0.3) is 0 Å². The van der Waals surface area contributed by atoms with Crippen LogP contribution in [0.2, 0.25) is 0 Å². The van der Waals surface area contributed by atoms with Crippen molar-refractivity contribution in [1.82, 2.24) is 19.9 Å². The van der Waals surface area contributed by atoms with Crippen LogP contribution in [0, 0.1) is 79.1 Å². The van der Waals surface area contributed by atoms with E-state index in [9.17, 15) is 54.9 Å². The number of nitrogens with zero attached hydrogens (tertiary/aromatic N) is 4. The predicted octanol–water partition coefficient (Wildman–Crippen LogP) is 26.1. The van der Waals surface area contributed by atoms with E-state index in [1.54, 1.807) is 76.7 Å². The first-order valence-corrected chi connectivity index (χ1v) is 48.6. The summed E-state index contributed by atoms with van der Waals surface area (Å²) in [5, 5.41) is 77.8. The van der Waals surface area contributed by atoms with Crippen molar-refractivity contribution in [3.05, 3.63) is 237 Å². The Morgan fingerprint density at radius 2 is 0.564 bits per heavy atom. The minimum absolute atomic E-state index is 0.0752. The average molecular weight is 1860 g/mol. The fourth-order valence-electron chi connectivity index (χ4n) is 19.6. The van der Waals surface area contributed by atoms with Gasteiger partial charge in [-0.1, -0.05) is 97.1 Å². The standard InChI is InChI=1S/2C28H29NO4S.C27H27NO4S.C26H25NO4S/c2*1-16-8-9-22(33-15-18-10-12-28(3,32)13-11-18)24-20(27(30)31)14-21(29-25(16)24)26-17(2)19-6-4-5-7-23(19)34-26;1-15-9-10-21(32-14-17-12-27(3,13-17)31-4)23-19(26(29)30)11-20(28-24(15)23)25-16(2)18-7-5-6-8-22(18)33-25;1-14-8-9-20(31-13-16-11-26(3,30)12-16)22-18(25(28)29)10-19(27-23(14)22)24-15(2)17-6-4-5-7-21(17)32-24/h2*4-9,14,18,32H,10-13,15H2,1-3H3,(H,30,31);5-11,17H,12-14H2,1-4H3,(H,29,30);4-10,16,30H,11-13H2,1-3H3,(H,28,29). The van der Waals surface area contributed by atoms with Crippen molar-refractivity contribution in [3.8, 4) is 65.3 Å². The Morgan fingerprint density at radius 3 is 0.789 bits per heavy atom. The van der Waals surface area contributed by atoms with Gasteiger partial charge in [-0.3, -0.25) is 0 Å². The highest BCUT2D eigenvalue weighted by molar-refractivity contribution is 7.23. The highest BCUT2D eigenvalue weighted by Crippen LogP contribution is 2.49. The normalized spacial score (nSPS) is 20.5. The first-order chi connectivity index (χ1) is 63.5. The minimum atomic E-state index is -1.00. The first kappa shape index (κ1) is 93.0. The van der Waals surface area contributed by atoms with E-state index in [0.29, 0.717) is 146 Å². The van der Waals surface area contributed by atoms with E-state index >= 15 is 0 Å². The Bertz CT molecular complexity index is 7030. The Labute approximate surface area is 787 Å². The number of carboxylic acid groups (broad SMARTS) is 4. The van der Waals surface area contributed by atoms with Crippen molar-refractivity contribution >= 4 is 153 Å². The van der Waals surface area contributed by atoms with Crippen molar-refractivity contribution < 1.29 is 78.6 Å². The number of fused-ring (bicyclic) bond motifs is 8. The molecule has 686 valence electrons. The molecule has 24 heteroatoms. The van der Waals surface area contributed by atoms with E-state index in [1.807, 2.05) is 146 Å². The molecule has 133 heavy (non-hydrogen) atoms. The van der Waals surface area contributed by atoms with Gasteiger partial charge in [-0.25, -0.2) is 39.1 Å². The fourth-order valence-corrected chi connectivity index (χ4v) is 24.3. The van der Waals surface area contributed by atoms with Crippen LogP contribution in [0.4, 0.5) is 0 Å². The first-order valence-electron chi connectivity index (χ1n) is 45.4. The molecule has 8 aromatic carbocycles. The van der Waals surface area contributed by atoms with Gasteiger partial charge in [0, 0.05) is 25.9 Å². The number of hydrogen-bond acceptors (Lipinski definition) is 20. The number of aryl methyl sites for hydroxylation is 8. The third-order valence-corrected chi connectivity index (χ3v) is 32.6. The number of thiophene rings is 4. The van der Waals surface area contributed by atoms with Crippen LogP contribution < -0.4 is 18.9 Å². The molecule has 0 amide bonds. The van der Waals surface area contributed by atoms with Gasteiger partial charge in [0.05, 0.1) is 157 Å². The zero-order chi connectivity index (χ0) is 94.0. The highest BCUT2D eigenvalue weighted by atomic mass is 32.1. The molecule has 0 atom stereocenters. The van der Waals surface area contributed by atoms with Crippen LogP contribution >= 0.6 is 45.3 Å². The number of carbonyl (C=O) groups is 4. The smallest absolute Gasteiger partial charge is 0.336 e. The van der Waals surface area contributed by atoms with Gasteiger partial charge in [-0.05, 0) is 323 Å². The molecule has 0 spiro atoms. The van der Waals surface area contributed by atoms with E-state index < -0.39 is 40.7 Å². The van der Waals surface area contributed by atoms with Gasteiger partial charge in [0.1, 0.15) is 23.0 Å². The SMILES string of the molecule is COC1(C)CC(COc2ccc(C)c3nc(-c4sc5ccccc5c4C)cc(C(=O)O)c23)C1.Cc1c(-c2cc(C(=O)O)c3c(OCC4CC(C)(O)C4)ccc(C)c3n2)sc2ccccc12.Cc1c(-c2cc(C(=O)O)c3c(OCC4CCC(C)(O)CC4)ccc(C)c3n2)sc2ccccc12.Cc1c(-c2cc(C(=O)O)c3c(OCC4CCC(C)(O)CC4)ccc(C)c3n2)sc2ccccc12. The van der Waals surface area contributed by atoms with Crippen molar-refractivity contribution in [2.45, 2.75) is 183 Å². The predicted molar refractivity (Wildman–Crippen MR) is 535 cm³/mol. The summed E-state index contributed by atoms with van der Waals surface area (Å²) in [6.45, 7) is 25.8. The summed E-state index contributed by atoms with van der Waals surface area (Å²) in [6, 6.07) is 54.7. The molecule has 4 aliphatic rings. The number of methoxy groups -OCH3 is 1.